The molecule has 0 fully saturated rings. The molecule has 180 valence electrons. The fourth-order valence-corrected chi connectivity index (χ4v) is 5.17. The van der Waals surface area contributed by atoms with Crippen LogP contribution in [-0.2, 0) is 17.0 Å². The second kappa shape index (κ2) is 10.7. The highest BCUT2D eigenvalue weighted by molar-refractivity contribution is 7.98. The molecule has 0 unspecified atom stereocenters. The van der Waals surface area contributed by atoms with Crippen LogP contribution < -0.4 is 0 Å². The lowest BCUT2D eigenvalue weighted by molar-refractivity contribution is 0.0600. The van der Waals surface area contributed by atoms with Crippen LogP contribution in [0.1, 0.15) is 29.4 Å². The molecule has 0 aliphatic heterocycles. The van der Waals surface area contributed by atoms with Crippen LogP contribution >= 0.6 is 11.8 Å². The van der Waals surface area contributed by atoms with E-state index in [-0.39, 0.29) is 0 Å². The Hall–Kier alpha value is -4.04. The van der Waals surface area contributed by atoms with Gasteiger partial charge in [-0.05, 0) is 30.2 Å². The van der Waals surface area contributed by atoms with Gasteiger partial charge in [0.25, 0.3) is 0 Å². The van der Waals surface area contributed by atoms with Crippen molar-refractivity contribution in [1.82, 2.24) is 24.7 Å². The lowest BCUT2D eigenvalue weighted by Gasteiger charge is -2.16. The van der Waals surface area contributed by atoms with Crippen molar-refractivity contribution in [2.45, 2.75) is 30.8 Å². The van der Waals surface area contributed by atoms with Gasteiger partial charge < -0.3 is 9.30 Å². The van der Waals surface area contributed by atoms with E-state index in [2.05, 4.69) is 26.7 Å². The zero-order chi connectivity index (χ0) is 24.9. The molecule has 2 aromatic carbocycles. The number of carbonyl (C=O) groups excluding carboxylic acids is 1. The summed E-state index contributed by atoms with van der Waals surface area (Å²) in [7, 11) is 1.40. The van der Waals surface area contributed by atoms with E-state index >= 15 is 0 Å². The molecule has 3 heterocycles. The number of pyridine rings is 2. The van der Waals surface area contributed by atoms with Gasteiger partial charge in [0.2, 0.25) is 0 Å². The Labute approximate surface area is 213 Å². The minimum absolute atomic E-state index is 0.407. The van der Waals surface area contributed by atoms with Crippen molar-refractivity contribution in [2.75, 3.05) is 7.11 Å². The molecule has 8 heteroatoms. The third-order valence-corrected chi connectivity index (χ3v) is 6.84. The summed E-state index contributed by atoms with van der Waals surface area (Å²) in [5.41, 5.74) is 4.69. The SMILES string of the molecule is CCCn1c(SCc2nc3ccccc3c(-c3ccccc3)c2C(=O)OC)nnc1-c1ccncc1. The molecule has 0 aliphatic carbocycles. The first-order valence-corrected chi connectivity index (χ1v) is 12.7. The number of esters is 1. The van der Waals surface area contributed by atoms with E-state index < -0.39 is 5.97 Å². The van der Waals surface area contributed by atoms with Crippen LogP contribution in [0.25, 0.3) is 33.4 Å². The molecule has 0 aliphatic rings. The highest BCUT2D eigenvalue weighted by Crippen LogP contribution is 2.36. The number of methoxy groups -OCH3 is 1. The molecule has 0 radical (unpaired) electrons. The van der Waals surface area contributed by atoms with Crippen molar-refractivity contribution in [1.29, 1.82) is 0 Å². The molecular formula is C28H25N5O2S. The van der Waals surface area contributed by atoms with Gasteiger partial charge >= 0.3 is 5.97 Å². The fourth-order valence-electron chi connectivity index (χ4n) is 4.26. The second-order valence-electron chi connectivity index (χ2n) is 8.17. The Kier molecular flexibility index (Phi) is 7.04. The Morgan fingerprint density at radius 1 is 0.944 bits per heavy atom. The number of nitrogens with zero attached hydrogens (tertiary/aromatic N) is 5. The predicted octanol–water partition coefficient (Wildman–Crippen LogP) is 6.04. The van der Waals surface area contributed by atoms with Crippen LogP contribution in [0, 0.1) is 0 Å². The fraction of sp³-hybridized carbons (Fsp3) is 0.179. The van der Waals surface area contributed by atoms with E-state index in [0.29, 0.717) is 17.0 Å². The van der Waals surface area contributed by atoms with Crippen molar-refractivity contribution in [3.05, 3.63) is 90.4 Å². The van der Waals surface area contributed by atoms with Crippen molar-refractivity contribution in [3.8, 4) is 22.5 Å². The maximum Gasteiger partial charge on any atom is 0.340 e. The zero-order valence-corrected chi connectivity index (χ0v) is 20.9. The first kappa shape index (κ1) is 23.7. The molecule has 0 saturated carbocycles. The lowest BCUT2D eigenvalue weighted by Crippen LogP contribution is -2.11. The summed E-state index contributed by atoms with van der Waals surface area (Å²) in [6.07, 6.45) is 4.43. The monoisotopic (exact) mass is 495 g/mol. The third-order valence-electron chi connectivity index (χ3n) is 5.86. The normalized spacial score (nSPS) is 11.1. The summed E-state index contributed by atoms with van der Waals surface area (Å²) >= 11 is 1.51. The Balaban J connectivity index is 1.60. The number of fused-ring (bicyclic) bond motifs is 1. The van der Waals surface area contributed by atoms with Crippen molar-refractivity contribution in [3.63, 3.8) is 0 Å². The smallest absolute Gasteiger partial charge is 0.340 e. The van der Waals surface area contributed by atoms with Gasteiger partial charge in [0, 0.05) is 41.2 Å². The summed E-state index contributed by atoms with van der Waals surface area (Å²) < 4.78 is 7.35. The predicted molar refractivity (Wildman–Crippen MR) is 142 cm³/mol. The zero-order valence-electron chi connectivity index (χ0n) is 20.1. The van der Waals surface area contributed by atoms with Gasteiger partial charge in [0.15, 0.2) is 11.0 Å². The molecular weight excluding hydrogens is 470 g/mol. The molecule has 0 spiro atoms. The average molecular weight is 496 g/mol. The maximum absolute atomic E-state index is 13.1. The molecule has 0 atom stereocenters. The number of hydrogen-bond donors (Lipinski definition) is 0. The van der Waals surface area contributed by atoms with Gasteiger partial charge in [0.1, 0.15) is 0 Å². The molecule has 0 saturated heterocycles. The lowest BCUT2D eigenvalue weighted by atomic mass is 9.94. The molecule has 7 nitrogen and oxygen atoms in total. The topological polar surface area (TPSA) is 82.8 Å². The highest BCUT2D eigenvalue weighted by Gasteiger charge is 2.24. The second-order valence-corrected chi connectivity index (χ2v) is 9.11. The van der Waals surface area contributed by atoms with Crippen molar-refractivity contribution < 1.29 is 9.53 Å². The number of aromatic nitrogens is 5. The molecule has 5 aromatic rings. The Bertz CT molecular complexity index is 1500. The number of carbonyl (C=O) groups is 1. The largest absolute Gasteiger partial charge is 0.465 e. The van der Waals surface area contributed by atoms with Crippen LogP contribution in [0.4, 0.5) is 0 Å². The van der Waals surface area contributed by atoms with Gasteiger partial charge in [-0.25, -0.2) is 4.79 Å². The van der Waals surface area contributed by atoms with Gasteiger partial charge in [0.05, 0.1) is 23.9 Å². The number of para-hydroxylation sites is 1. The minimum Gasteiger partial charge on any atom is -0.465 e. The van der Waals surface area contributed by atoms with Crippen LogP contribution in [0.2, 0.25) is 0 Å². The molecule has 0 bridgehead atoms. The van der Waals surface area contributed by atoms with Crippen molar-refractivity contribution in [2.24, 2.45) is 0 Å². The van der Waals surface area contributed by atoms with E-state index in [0.717, 1.165) is 51.5 Å². The number of thioether (sulfide) groups is 1. The standard InChI is InChI=1S/C28H25N5O2S/c1-3-17-33-26(20-13-15-29-16-14-20)31-32-28(33)36-18-23-25(27(34)35-2)24(19-9-5-4-6-10-19)21-11-7-8-12-22(21)30-23/h4-16H,3,17-18H2,1-2H3. The summed E-state index contributed by atoms with van der Waals surface area (Å²) in [5, 5.41) is 10.6. The molecule has 0 amide bonds. The van der Waals surface area contributed by atoms with Crippen LogP contribution in [0.15, 0.2) is 84.3 Å². The van der Waals surface area contributed by atoms with E-state index in [9.17, 15) is 4.79 Å². The van der Waals surface area contributed by atoms with Gasteiger partial charge in [-0.3, -0.25) is 9.97 Å². The number of ether oxygens (including phenoxy) is 1. The first-order valence-electron chi connectivity index (χ1n) is 11.7. The summed E-state index contributed by atoms with van der Waals surface area (Å²) in [6.45, 7) is 2.90. The maximum atomic E-state index is 13.1. The van der Waals surface area contributed by atoms with Crippen LogP contribution in [-0.4, -0.2) is 37.8 Å². The van der Waals surface area contributed by atoms with E-state index in [1.54, 1.807) is 12.4 Å². The third kappa shape index (κ3) is 4.59. The van der Waals surface area contributed by atoms with Crippen molar-refractivity contribution >= 4 is 28.6 Å². The molecule has 0 N–H and O–H groups in total. The van der Waals surface area contributed by atoms with Crippen LogP contribution in [0.5, 0.6) is 0 Å². The summed E-state index contributed by atoms with van der Waals surface area (Å²) in [5.74, 6) is 0.828. The quantitative estimate of drug-likeness (QED) is 0.192. The summed E-state index contributed by atoms with van der Waals surface area (Å²) in [4.78, 5) is 22.1. The van der Waals surface area contributed by atoms with E-state index in [4.69, 9.17) is 9.72 Å². The number of hydrogen-bond acceptors (Lipinski definition) is 7. The Morgan fingerprint density at radius 3 is 2.44 bits per heavy atom. The highest BCUT2D eigenvalue weighted by atomic mass is 32.2. The molecule has 36 heavy (non-hydrogen) atoms. The average Bonchev–Trinajstić information content (AvgIpc) is 3.34. The van der Waals surface area contributed by atoms with Gasteiger partial charge in [-0.15, -0.1) is 10.2 Å². The summed E-state index contributed by atoms with van der Waals surface area (Å²) in [6, 6.07) is 21.6. The van der Waals surface area contributed by atoms with Crippen LogP contribution in [0.3, 0.4) is 0 Å². The van der Waals surface area contributed by atoms with Gasteiger partial charge in [-0.1, -0.05) is 67.2 Å². The molecule has 5 rings (SSSR count). The Morgan fingerprint density at radius 2 is 1.69 bits per heavy atom. The van der Waals surface area contributed by atoms with E-state index in [1.165, 1.54) is 18.9 Å². The minimum atomic E-state index is -0.407. The number of rotatable bonds is 8. The number of benzene rings is 2. The molecule has 3 aromatic heterocycles. The van der Waals surface area contributed by atoms with E-state index in [1.807, 2.05) is 66.7 Å². The first-order chi connectivity index (χ1) is 17.7. The van der Waals surface area contributed by atoms with Gasteiger partial charge in [-0.2, -0.15) is 0 Å².